The zero-order chi connectivity index (χ0) is 3.58. The third-order valence-electron chi connectivity index (χ3n) is 0. The van der Waals surface area contributed by atoms with Crippen LogP contribution in [0.4, 0.5) is 0 Å². The summed E-state index contributed by atoms with van der Waals surface area (Å²) < 4.78 is 24.1. The summed E-state index contributed by atoms with van der Waals surface area (Å²) in [6, 6.07) is 0. The van der Waals surface area contributed by atoms with Gasteiger partial charge in [-0.2, -0.15) is 0 Å². The molecule has 5 heavy (non-hydrogen) atoms. The van der Waals surface area contributed by atoms with Crippen molar-refractivity contribution in [3.63, 3.8) is 0 Å². The molecular weight excluding hydrogens is 181 g/mol. The van der Waals surface area contributed by atoms with Gasteiger partial charge in [0, 0.05) is 11.0 Å². The maximum atomic E-state index is 8.56. The molecule has 0 fully saturated rings. The van der Waals surface area contributed by atoms with Crippen molar-refractivity contribution in [1.82, 2.24) is 0 Å². The summed E-state index contributed by atoms with van der Waals surface area (Å²) in [6.07, 6.45) is 0. The van der Waals surface area contributed by atoms with Crippen LogP contribution in [0.15, 0.2) is 0 Å². The summed E-state index contributed by atoms with van der Waals surface area (Å²) in [7, 11) is -2.86. The standard InChI is InChI=1S/HO3S.Ru/c1-4(2)3;/h(H,1,2,3);/q-1;+1. The molecule has 1 N–H and O–H groups in total. The third kappa shape index (κ3) is 102. The molecule has 0 aromatic heterocycles. The van der Waals surface area contributed by atoms with Crippen molar-refractivity contribution in [1.29, 1.82) is 0 Å². The topological polar surface area (TPSA) is 54.4 Å². The molecule has 0 atom stereocenters. The Morgan fingerprint density at radius 2 is 1.40 bits per heavy atom. The van der Waals surface area contributed by atoms with E-state index in [1.807, 2.05) is 0 Å². The molecule has 1 radical (unpaired) electrons. The Bertz CT molecular complexity index is 55.3. The monoisotopic (exact) mass is 183 g/mol. The first-order valence-electron chi connectivity index (χ1n) is 0.516. The Labute approximate surface area is 43.9 Å². The Morgan fingerprint density at radius 3 is 1.40 bits per heavy atom. The van der Waals surface area contributed by atoms with Crippen molar-refractivity contribution in [2.24, 2.45) is 0 Å². The molecule has 0 saturated heterocycles. The van der Waals surface area contributed by atoms with Crippen molar-refractivity contribution < 1.29 is 32.4 Å². The van der Waals surface area contributed by atoms with Gasteiger partial charge < -0.3 is 13.0 Å². The van der Waals surface area contributed by atoms with E-state index in [0.717, 1.165) is 0 Å². The van der Waals surface area contributed by atoms with E-state index in [-0.39, 0.29) is 19.5 Å². The predicted octanol–water partition coefficient (Wildman–Crippen LogP) is -0.234. The van der Waals surface area contributed by atoms with E-state index in [1.165, 1.54) is 0 Å². The molecule has 0 unspecified atom stereocenters. The molecule has 0 bridgehead atoms. The van der Waals surface area contributed by atoms with Crippen LogP contribution in [0.5, 0.6) is 0 Å². The molecule has 0 rings (SSSR count). The van der Waals surface area contributed by atoms with Crippen LogP contribution in [-0.4, -0.2) is 4.55 Å². The van der Waals surface area contributed by atoms with Crippen LogP contribution in [0.2, 0.25) is 0 Å². The van der Waals surface area contributed by atoms with Crippen molar-refractivity contribution in [3.05, 3.63) is 0 Å². The van der Waals surface area contributed by atoms with E-state index in [9.17, 15) is 0 Å². The van der Waals surface area contributed by atoms with Gasteiger partial charge in [-0.15, -0.1) is 0 Å². The number of hydrogen-bond donors (Lipinski definition) is 1. The molecular formula is HO3RuS. The predicted molar refractivity (Wildman–Crippen MR) is 11.4 cm³/mol. The van der Waals surface area contributed by atoms with E-state index >= 15 is 0 Å². The first kappa shape index (κ1) is 9.11. The molecule has 3 nitrogen and oxygen atoms in total. The molecule has 0 spiro atoms. The van der Waals surface area contributed by atoms with Crippen LogP contribution in [0.25, 0.3) is 0 Å². The average Bonchev–Trinajstić information content (AvgIpc) is 0.811. The first-order valence-corrected chi connectivity index (χ1v) is 1.55. The fraction of sp³-hybridized carbons (Fsp3) is 0. The maximum absolute atomic E-state index is 8.56. The van der Waals surface area contributed by atoms with Gasteiger partial charge in [0.05, 0.1) is 0 Å². The van der Waals surface area contributed by atoms with Crippen molar-refractivity contribution in [3.8, 4) is 0 Å². The second-order valence-corrected chi connectivity index (χ2v) is 0.651. The van der Waals surface area contributed by atoms with Crippen molar-refractivity contribution in [2.75, 3.05) is 0 Å². The van der Waals surface area contributed by atoms with Crippen LogP contribution >= 0.6 is 0 Å². The molecule has 0 aromatic carbocycles. The summed E-state index contributed by atoms with van der Waals surface area (Å²) in [6.45, 7) is 0. The van der Waals surface area contributed by atoms with Crippen molar-refractivity contribution in [2.45, 2.75) is 0 Å². The van der Waals surface area contributed by atoms with Gasteiger partial charge in [0.1, 0.15) is 0 Å². The van der Waals surface area contributed by atoms with E-state index in [0.29, 0.717) is 0 Å². The molecule has 0 aromatic rings. The van der Waals surface area contributed by atoms with Gasteiger partial charge in [0.2, 0.25) is 0 Å². The van der Waals surface area contributed by atoms with Gasteiger partial charge in [0.25, 0.3) is 0 Å². The summed E-state index contributed by atoms with van der Waals surface area (Å²) in [4.78, 5) is 0. The first-order chi connectivity index (χ1) is 1.73. The zero-order valence-electron chi connectivity index (χ0n) is 2.03. The summed E-state index contributed by atoms with van der Waals surface area (Å²) in [5, 5.41) is 0. The minimum atomic E-state index is -2.86. The maximum Gasteiger partial charge on any atom is 1.00 e. The summed E-state index contributed by atoms with van der Waals surface area (Å²) in [5.41, 5.74) is 0. The SMILES string of the molecule is O=[S-](=O)O.[Ru+]. The Kier molecular flexibility index (Phi) is 8.26. The second kappa shape index (κ2) is 4.53. The molecule has 0 aliphatic heterocycles. The van der Waals surface area contributed by atoms with Gasteiger partial charge in [-0.3, -0.25) is 0 Å². The second-order valence-electron chi connectivity index (χ2n) is 0.217. The molecule has 0 aliphatic carbocycles. The summed E-state index contributed by atoms with van der Waals surface area (Å²) in [5.74, 6) is 0. The van der Waals surface area contributed by atoms with E-state index in [4.69, 9.17) is 13.0 Å². The number of hydrogen-bond acceptors (Lipinski definition) is 3. The van der Waals surface area contributed by atoms with Gasteiger partial charge >= 0.3 is 19.5 Å². The molecule has 0 amide bonds. The fourth-order valence-electron chi connectivity index (χ4n) is 0. The van der Waals surface area contributed by atoms with Crippen LogP contribution < -0.4 is 0 Å². The minimum absolute atomic E-state index is 0. The fourth-order valence-corrected chi connectivity index (χ4v) is 0. The molecule has 33 valence electrons. The van der Waals surface area contributed by atoms with Gasteiger partial charge in [-0.1, -0.05) is 0 Å². The average molecular weight is 182 g/mol. The molecule has 0 saturated carbocycles. The molecule has 5 heteroatoms. The smallest absolute Gasteiger partial charge is 0.439 e. The van der Waals surface area contributed by atoms with Crippen LogP contribution in [0.1, 0.15) is 0 Å². The van der Waals surface area contributed by atoms with E-state index in [1.54, 1.807) is 0 Å². The Hall–Kier alpha value is 0.533. The number of rotatable bonds is 0. The van der Waals surface area contributed by atoms with E-state index in [2.05, 4.69) is 0 Å². The minimum Gasteiger partial charge on any atom is -0.439 e. The van der Waals surface area contributed by atoms with Crippen LogP contribution in [-0.2, 0) is 38.9 Å². The summed E-state index contributed by atoms with van der Waals surface area (Å²) >= 11 is 0. The molecule has 0 heterocycles. The largest absolute Gasteiger partial charge is 1.00 e. The van der Waals surface area contributed by atoms with Crippen LogP contribution in [0.3, 0.4) is 0 Å². The van der Waals surface area contributed by atoms with Gasteiger partial charge in [0.15, 0.2) is 0 Å². The zero-order valence-corrected chi connectivity index (χ0v) is 4.58. The quantitative estimate of drug-likeness (QED) is 0.243. The van der Waals surface area contributed by atoms with Crippen LogP contribution in [0, 0.1) is 0 Å². The Balaban J connectivity index is 0. The van der Waals surface area contributed by atoms with Gasteiger partial charge in [-0.25, -0.2) is 0 Å². The Morgan fingerprint density at radius 1 is 1.40 bits per heavy atom. The van der Waals surface area contributed by atoms with Gasteiger partial charge in [-0.05, 0) is 0 Å². The van der Waals surface area contributed by atoms with Crippen molar-refractivity contribution >= 4 is 11.0 Å². The van der Waals surface area contributed by atoms with E-state index < -0.39 is 11.0 Å². The third-order valence-corrected chi connectivity index (χ3v) is 0. The molecule has 0 aliphatic rings. The normalized spacial score (nSPS) is 6.80.